The van der Waals surface area contributed by atoms with E-state index < -0.39 is 16.1 Å². The van der Waals surface area contributed by atoms with Gasteiger partial charge in [-0.3, -0.25) is 4.79 Å². The summed E-state index contributed by atoms with van der Waals surface area (Å²) < 4.78 is 26.3. The van der Waals surface area contributed by atoms with Gasteiger partial charge >= 0.3 is 0 Å². The Morgan fingerprint density at radius 3 is 2.65 bits per heavy atom. The van der Waals surface area contributed by atoms with Crippen molar-refractivity contribution < 1.29 is 13.2 Å². The van der Waals surface area contributed by atoms with E-state index in [4.69, 9.17) is 0 Å². The van der Waals surface area contributed by atoms with Crippen molar-refractivity contribution in [3.05, 3.63) is 48.4 Å². The van der Waals surface area contributed by atoms with Crippen LogP contribution in [0.25, 0.3) is 0 Å². The fourth-order valence-corrected chi connectivity index (χ4v) is 2.93. The van der Waals surface area contributed by atoms with Crippen LogP contribution in [-0.2, 0) is 10.0 Å². The molecule has 106 valence electrons. The summed E-state index contributed by atoms with van der Waals surface area (Å²) >= 11 is 0. The number of nitrogens with zero attached hydrogens (tertiary/aromatic N) is 1. The summed E-state index contributed by atoms with van der Waals surface area (Å²) in [6, 6.07) is 8.27. The van der Waals surface area contributed by atoms with Crippen LogP contribution in [0.3, 0.4) is 0 Å². The number of H-pyrrole nitrogens is 1. The maximum absolute atomic E-state index is 12.0. The molecule has 0 spiro atoms. The Bertz CT molecular complexity index is 666. The highest BCUT2D eigenvalue weighted by Crippen LogP contribution is 2.08. The average Bonchev–Trinajstić information content (AvgIpc) is 2.93. The van der Waals surface area contributed by atoms with Crippen molar-refractivity contribution in [1.82, 2.24) is 14.7 Å². The van der Waals surface area contributed by atoms with Gasteiger partial charge in [0.25, 0.3) is 10.0 Å². The number of nitrogens with one attached hydrogen (secondary N) is 2. The predicted molar refractivity (Wildman–Crippen MR) is 73.8 cm³/mol. The second-order valence-electron chi connectivity index (χ2n) is 4.43. The Balaban J connectivity index is 2.00. The Kier molecular flexibility index (Phi) is 4.31. The molecule has 0 amide bonds. The number of rotatable bonds is 6. The largest absolute Gasteiger partial charge is 0.335 e. The third kappa shape index (κ3) is 3.52. The number of imidazole rings is 1. The number of Topliss-reactive ketones (excluding diaryl/α,β-unsaturated/α-hetero) is 1. The lowest BCUT2D eigenvalue weighted by atomic mass is 10.1. The molecule has 0 radical (unpaired) electrons. The SMILES string of the molecule is CC(CC(=O)c1ccccc1)NS(=O)(=O)c1cnc[nH]1. The summed E-state index contributed by atoms with van der Waals surface area (Å²) in [5.41, 5.74) is 0.570. The number of aromatic amines is 1. The van der Waals surface area contributed by atoms with Crippen LogP contribution >= 0.6 is 0 Å². The summed E-state index contributed by atoms with van der Waals surface area (Å²) in [4.78, 5) is 18.2. The molecule has 0 saturated heterocycles. The summed E-state index contributed by atoms with van der Waals surface area (Å²) in [7, 11) is -3.66. The summed E-state index contributed by atoms with van der Waals surface area (Å²) in [6.07, 6.45) is 2.60. The van der Waals surface area contributed by atoms with Gasteiger partial charge < -0.3 is 4.98 Å². The van der Waals surface area contributed by atoms with E-state index in [2.05, 4.69) is 14.7 Å². The normalized spacial score (nSPS) is 13.1. The topological polar surface area (TPSA) is 91.9 Å². The van der Waals surface area contributed by atoms with E-state index in [1.54, 1.807) is 31.2 Å². The first kappa shape index (κ1) is 14.4. The van der Waals surface area contributed by atoms with Crippen LogP contribution in [0.4, 0.5) is 0 Å². The molecule has 0 aliphatic carbocycles. The van der Waals surface area contributed by atoms with Crippen LogP contribution in [0, 0.1) is 0 Å². The van der Waals surface area contributed by atoms with E-state index in [0.29, 0.717) is 5.56 Å². The van der Waals surface area contributed by atoms with Crippen molar-refractivity contribution in [3.63, 3.8) is 0 Å². The Morgan fingerprint density at radius 2 is 2.05 bits per heavy atom. The van der Waals surface area contributed by atoms with Gasteiger partial charge in [-0.2, -0.15) is 0 Å². The zero-order valence-corrected chi connectivity index (χ0v) is 11.7. The zero-order valence-electron chi connectivity index (χ0n) is 10.9. The Hall–Kier alpha value is -1.99. The van der Waals surface area contributed by atoms with Crippen molar-refractivity contribution >= 4 is 15.8 Å². The van der Waals surface area contributed by atoms with Gasteiger partial charge in [-0.05, 0) is 6.92 Å². The molecule has 2 N–H and O–H groups in total. The van der Waals surface area contributed by atoms with Crippen molar-refractivity contribution in [2.45, 2.75) is 24.4 Å². The minimum absolute atomic E-state index is 0.0171. The monoisotopic (exact) mass is 293 g/mol. The molecule has 0 saturated carbocycles. The first-order chi connectivity index (χ1) is 9.49. The molecule has 1 atom stereocenters. The van der Waals surface area contributed by atoms with Crippen molar-refractivity contribution in [2.24, 2.45) is 0 Å². The van der Waals surface area contributed by atoms with Crippen molar-refractivity contribution in [3.8, 4) is 0 Å². The summed E-state index contributed by atoms with van der Waals surface area (Å²) in [5.74, 6) is -0.106. The van der Waals surface area contributed by atoms with Gasteiger partial charge in [0.05, 0.1) is 12.5 Å². The van der Waals surface area contributed by atoms with Crippen molar-refractivity contribution in [1.29, 1.82) is 0 Å². The number of benzene rings is 1. The molecule has 1 aromatic heterocycles. The lowest BCUT2D eigenvalue weighted by Crippen LogP contribution is -2.34. The molecule has 0 bridgehead atoms. The van der Waals surface area contributed by atoms with Crippen LogP contribution in [0.15, 0.2) is 47.9 Å². The molecule has 1 unspecified atom stereocenters. The molecular weight excluding hydrogens is 278 g/mol. The standard InChI is InChI=1S/C13H15N3O3S/c1-10(7-12(17)11-5-3-2-4-6-11)16-20(18,19)13-8-14-9-15-13/h2-6,8-10,16H,7H2,1H3,(H,14,15). The number of hydrogen-bond acceptors (Lipinski definition) is 4. The highest BCUT2D eigenvalue weighted by atomic mass is 32.2. The zero-order chi connectivity index (χ0) is 14.6. The van der Waals surface area contributed by atoms with Crippen LogP contribution in [-0.4, -0.2) is 30.2 Å². The van der Waals surface area contributed by atoms with Crippen LogP contribution < -0.4 is 4.72 Å². The maximum Gasteiger partial charge on any atom is 0.257 e. The van der Waals surface area contributed by atoms with E-state index in [9.17, 15) is 13.2 Å². The van der Waals surface area contributed by atoms with Crippen molar-refractivity contribution in [2.75, 3.05) is 0 Å². The number of carbonyl (C=O) groups excluding carboxylic acids is 1. The van der Waals surface area contributed by atoms with E-state index in [-0.39, 0.29) is 17.2 Å². The molecule has 0 fully saturated rings. The molecule has 1 aromatic carbocycles. The Morgan fingerprint density at radius 1 is 1.35 bits per heavy atom. The van der Waals surface area contributed by atoms with E-state index in [1.807, 2.05) is 6.07 Å². The number of hydrogen-bond donors (Lipinski definition) is 2. The third-order valence-corrected chi connectivity index (χ3v) is 4.22. The summed E-state index contributed by atoms with van der Waals surface area (Å²) in [6.45, 7) is 1.65. The molecule has 0 aliphatic rings. The second-order valence-corrected chi connectivity index (χ2v) is 6.11. The fourth-order valence-electron chi connectivity index (χ4n) is 1.78. The number of aromatic nitrogens is 2. The van der Waals surface area contributed by atoms with Gasteiger partial charge in [-0.1, -0.05) is 30.3 Å². The second kappa shape index (κ2) is 5.98. The molecule has 20 heavy (non-hydrogen) atoms. The lowest BCUT2D eigenvalue weighted by molar-refractivity contribution is 0.0975. The van der Waals surface area contributed by atoms with Gasteiger partial charge in [0.15, 0.2) is 10.8 Å². The number of ketones is 1. The lowest BCUT2D eigenvalue weighted by Gasteiger charge is -2.12. The predicted octanol–water partition coefficient (Wildman–Crippen LogP) is 1.35. The highest BCUT2D eigenvalue weighted by Gasteiger charge is 2.20. The van der Waals surface area contributed by atoms with Crippen LogP contribution in [0.1, 0.15) is 23.7 Å². The van der Waals surface area contributed by atoms with Gasteiger partial charge in [0.1, 0.15) is 0 Å². The number of sulfonamides is 1. The molecule has 1 heterocycles. The Labute approximate surface area is 117 Å². The smallest absolute Gasteiger partial charge is 0.257 e. The molecule has 6 nitrogen and oxygen atoms in total. The molecule has 2 aromatic rings. The summed E-state index contributed by atoms with van der Waals surface area (Å²) in [5, 5.41) is -0.0171. The van der Waals surface area contributed by atoms with Gasteiger partial charge in [0.2, 0.25) is 0 Å². The molecular formula is C13H15N3O3S. The van der Waals surface area contributed by atoms with E-state index >= 15 is 0 Å². The minimum atomic E-state index is -3.66. The fraction of sp³-hybridized carbons (Fsp3) is 0.231. The van der Waals surface area contributed by atoms with Crippen LogP contribution in [0.5, 0.6) is 0 Å². The van der Waals surface area contributed by atoms with Crippen LogP contribution in [0.2, 0.25) is 0 Å². The first-order valence-electron chi connectivity index (χ1n) is 6.08. The molecule has 2 rings (SSSR count). The van der Waals surface area contributed by atoms with Gasteiger partial charge in [0, 0.05) is 18.0 Å². The quantitative estimate of drug-likeness (QED) is 0.786. The molecule has 7 heteroatoms. The minimum Gasteiger partial charge on any atom is -0.335 e. The highest BCUT2D eigenvalue weighted by molar-refractivity contribution is 7.89. The average molecular weight is 293 g/mol. The number of carbonyl (C=O) groups is 1. The first-order valence-corrected chi connectivity index (χ1v) is 7.56. The van der Waals surface area contributed by atoms with Gasteiger partial charge in [-0.15, -0.1) is 0 Å². The maximum atomic E-state index is 12.0. The third-order valence-electron chi connectivity index (χ3n) is 2.71. The van der Waals surface area contributed by atoms with E-state index in [0.717, 1.165) is 0 Å². The molecule has 0 aliphatic heterocycles. The van der Waals surface area contributed by atoms with Gasteiger partial charge in [-0.25, -0.2) is 18.1 Å². The van der Waals surface area contributed by atoms with E-state index in [1.165, 1.54) is 12.5 Å².